The van der Waals surface area contributed by atoms with Crippen LogP contribution in [0.5, 0.6) is 0 Å². The van der Waals surface area contributed by atoms with Crippen molar-refractivity contribution in [3.8, 4) is 5.69 Å². The van der Waals surface area contributed by atoms with Gasteiger partial charge in [0, 0.05) is 6.54 Å². The Hall–Kier alpha value is -1.79. The molecule has 0 fully saturated rings. The number of tetrazole rings is 1. The molecule has 108 valence electrons. The molecule has 0 radical (unpaired) electrons. The summed E-state index contributed by atoms with van der Waals surface area (Å²) < 4.78 is 1.75. The number of hydrogen-bond donors (Lipinski definition) is 1. The van der Waals surface area contributed by atoms with Gasteiger partial charge in [0.25, 0.3) is 0 Å². The van der Waals surface area contributed by atoms with E-state index in [0.29, 0.717) is 0 Å². The molecular weight excluding hydrogens is 254 g/mol. The van der Waals surface area contributed by atoms with E-state index in [9.17, 15) is 5.11 Å². The summed E-state index contributed by atoms with van der Waals surface area (Å²) in [5.74, 6) is 0.796. The van der Waals surface area contributed by atoms with Crippen LogP contribution in [0.15, 0.2) is 30.3 Å². The van der Waals surface area contributed by atoms with E-state index in [1.807, 2.05) is 37.4 Å². The zero-order valence-electron chi connectivity index (χ0n) is 12.1. The second-order valence-corrected chi connectivity index (χ2v) is 5.08. The number of aliphatic hydroxyl groups excluding tert-OH is 1. The minimum Gasteiger partial charge on any atom is -0.393 e. The van der Waals surface area contributed by atoms with Crippen LogP contribution in [-0.4, -0.2) is 49.9 Å². The Kier molecular flexibility index (Phi) is 4.81. The van der Waals surface area contributed by atoms with E-state index in [1.165, 1.54) is 0 Å². The van der Waals surface area contributed by atoms with Gasteiger partial charge in [-0.05, 0) is 49.9 Å². The van der Waals surface area contributed by atoms with Gasteiger partial charge in [-0.3, -0.25) is 4.90 Å². The van der Waals surface area contributed by atoms with Crippen molar-refractivity contribution in [3.63, 3.8) is 0 Å². The molecule has 1 aromatic carbocycles. The SMILES string of the molecule is CC(O)CCN(C)C(C)c1nnnn1-c1ccccc1. The summed E-state index contributed by atoms with van der Waals surface area (Å²) in [5, 5.41) is 21.4. The third-order valence-electron chi connectivity index (χ3n) is 3.43. The Balaban J connectivity index is 2.15. The minimum absolute atomic E-state index is 0.0731. The van der Waals surface area contributed by atoms with E-state index in [2.05, 4.69) is 27.3 Å². The number of para-hydroxylation sites is 1. The molecule has 0 aliphatic carbocycles. The maximum absolute atomic E-state index is 9.37. The fourth-order valence-electron chi connectivity index (χ4n) is 1.99. The summed E-state index contributed by atoms with van der Waals surface area (Å²) in [6.07, 6.45) is 0.433. The average molecular weight is 275 g/mol. The Morgan fingerprint density at radius 1 is 1.25 bits per heavy atom. The first kappa shape index (κ1) is 14.6. The molecule has 1 aromatic heterocycles. The summed E-state index contributed by atoms with van der Waals surface area (Å²) in [4.78, 5) is 2.14. The van der Waals surface area contributed by atoms with Crippen molar-refractivity contribution < 1.29 is 5.11 Å². The van der Waals surface area contributed by atoms with Crippen molar-refractivity contribution in [2.45, 2.75) is 32.4 Å². The highest BCUT2D eigenvalue weighted by Crippen LogP contribution is 2.18. The molecule has 2 atom stereocenters. The van der Waals surface area contributed by atoms with Crippen LogP contribution in [0.1, 0.15) is 32.1 Å². The second-order valence-electron chi connectivity index (χ2n) is 5.08. The first-order valence-corrected chi connectivity index (χ1v) is 6.81. The smallest absolute Gasteiger partial charge is 0.173 e. The standard InChI is InChI=1S/C14H21N5O/c1-11(20)9-10-18(3)12(2)14-15-16-17-19(14)13-7-5-4-6-8-13/h4-8,11-12,20H,9-10H2,1-3H3. The van der Waals surface area contributed by atoms with Crippen LogP contribution in [0, 0.1) is 0 Å². The van der Waals surface area contributed by atoms with Crippen molar-refractivity contribution in [2.75, 3.05) is 13.6 Å². The predicted molar refractivity (Wildman–Crippen MR) is 76.5 cm³/mol. The molecule has 0 bridgehead atoms. The maximum Gasteiger partial charge on any atom is 0.173 e. The molecule has 6 nitrogen and oxygen atoms in total. The molecule has 1 N–H and O–H groups in total. The van der Waals surface area contributed by atoms with Crippen LogP contribution in [0.4, 0.5) is 0 Å². The molecule has 0 aliphatic heterocycles. The molecule has 6 heteroatoms. The zero-order chi connectivity index (χ0) is 14.5. The van der Waals surface area contributed by atoms with Crippen molar-refractivity contribution in [3.05, 3.63) is 36.2 Å². The number of aliphatic hydroxyl groups is 1. The van der Waals surface area contributed by atoms with Crippen molar-refractivity contribution in [1.82, 2.24) is 25.1 Å². The third-order valence-corrected chi connectivity index (χ3v) is 3.43. The Bertz CT molecular complexity index is 525. The monoisotopic (exact) mass is 275 g/mol. The predicted octanol–water partition coefficient (Wildman–Crippen LogP) is 1.43. The molecule has 0 saturated carbocycles. The van der Waals surface area contributed by atoms with Crippen LogP contribution < -0.4 is 0 Å². The lowest BCUT2D eigenvalue weighted by molar-refractivity contribution is 0.150. The lowest BCUT2D eigenvalue weighted by atomic mass is 10.2. The van der Waals surface area contributed by atoms with Crippen LogP contribution in [-0.2, 0) is 0 Å². The van der Waals surface area contributed by atoms with Gasteiger partial charge in [-0.1, -0.05) is 18.2 Å². The van der Waals surface area contributed by atoms with Gasteiger partial charge in [-0.2, -0.15) is 4.68 Å². The quantitative estimate of drug-likeness (QED) is 0.863. The molecule has 2 rings (SSSR count). The lowest BCUT2D eigenvalue weighted by Gasteiger charge is -2.24. The molecule has 20 heavy (non-hydrogen) atoms. The number of rotatable bonds is 6. The van der Waals surface area contributed by atoms with E-state index in [-0.39, 0.29) is 12.1 Å². The van der Waals surface area contributed by atoms with Crippen LogP contribution in [0.3, 0.4) is 0 Å². The Morgan fingerprint density at radius 2 is 1.95 bits per heavy atom. The van der Waals surface area contributed by atoms with Crippen molar-refractivity contribution in [1.29, 1.82) is 0 Å². The normalized spacial score (nSPS) is 14.4. The van der Waals surface area contributed by atoms with Crippen LogP contribution >= 0.6 is 0 Å². The van der Waals surface area contributed by atoms with E-state index in [1.54, 1.807) is 11.6 Å². The molecule has 0 saturated heterocycles. The molecule has 2 aromatic rings. The van der Waals surface area contributed by atoms with Crippen molar-refractivity contribution in [2.24, 2.45) is 0 Å². The number of hydrogen-bond acceptors (Lipinski definition) is 5. The fraction of sp³-hybridized carbons (Fsp3) is 0.500. The van der Waals surface area contributed by atoms with Crippen LogP contribution in [0.25, 0.3) is 5.69 Å². The third kappa shape index (κ3) is 3.40. The van der Waals surface area contributed by atoms with Gasteiger partial charge in [-0.15, -0.1) is 5.10 Å². The van der Waals surface area contributed by atoms with Gasteiger partial charge < -0.3 is 5.11 Å². The topological polar surface area (TPSA) is 67.1 Å². The van der Waals surface area contributed by atoms with Gasteiger partial charge in [-0.25, -0.2) is 0 Å². The Labute approximate surface area is 119 Å². The maximum atomic E-state index is 9.37. The number of nitrogens with zero attached hydrogens (tertiary/aromatic N) is 5. The summed E-state index contributed by atoms with van der Waals surface area (Å²) in [5.41, 5.74) is 0.947. The Morgan fingerprint density at radius 3 is 2.60 bits per heavy atom. The van der Waals surface area contributed by atoms with Gasteiger partial charge in [0.2, 0.25) is 0 Å². The zero-order valence-corrected chi connectivity index (χ0v) is 12.1. The fourth-order valence-corrected chi connectivity index (χ4v) is 1.99. The average Bonchev–Trinajstić information content (AvgIpc) is 2.94. The second kappa shape index (κ2) is 6.58. The van der Waals surface area contributed by atoms with E-state index in [4.69, 9.17) is 0 Å². The highest BCUT2D eigenvalue weighted by Gasteiger charge is 2.19. The molecule has 0 spiro atoms. The van der Waals surface area contributed by atoms with Gasteiger partial charge in [0.1, 0.15) is 0 Å². The molecule has 0 amide bonds. The first-order chi connectivity index (χ1) is 9.59. The largest absolute Gasteiger partial charge is 0.393 e. The first-order valence-electron chi connectivity index (χ1n) is 6.81. The highest BCUT2D eigenvalue weighted by atomic mass is 16.3. The van der Waals surface area contributed by atoms with Crippen molar-refractivity contribution >= 4 is 0 Å². The summed E-state index contributed by atoms with van der Waals surface area (Å²) in [7, 11) is 2.01. The van der Waals surface area contributed by atoms with E-state index < -0.39 is 0 Å². The molecular formula is C14H21N5O. The summed E-state index contributed by atoms with van der Waals surface area (Å²) >= 11 is 0. The molecule has 1 heterocycles. The highest BCUT2D eigenvalue weighted by molar-refractivity contribution is 5.30. The van der Waals surface area contributed by atoms with Gasteiger partial charge >= 0.3 is 0 Å². The van der Waals surface area contributed by atoms with Gasteiger partial charge in [0.05, 0.1) is 17.8 Å². The molecule has 0 aliphatic rings. The summed E-state index contributed by atoms with van der Waals surface area (Å²) in [6, 6.07) is 9.91. The molecule has 2 unspecified atom stereocenters. The minimum atomic E-state index is -0.297. The number of benzene rings is 1. The summed E-state index contributed by atoms with van der Waals surface area (Å²) in [6.45, 7) is 4.65. The van der Waals surface area contributed by atoms with Gasteiger partial charge in [0.15, 0.2) is 5.82 Å². The number of aromatic nitrogens is 4. The van der Waals surface area contributed by atoms with Crippen LogP contribution in [0.2, 0.25) is 0 Å². The lowest BCUT2D eigenvalue weighted by Crippen LogP contribution is -2.27. The van der Waals surface area contributed by atoms with E-state index >= 15 is 0 Å². The van der Waals surface area contributed by atoms with E-state index in [0.717, 1.165) is 24.5 Å².